The summed E-state index contributed by atoms with van der Waals surface area (Å²) >= 11 is 1.42. The van der Waals surface area contributed by atoms with Gasteiger partial charge in [-0.1, -0.05) is 0 Å². The maximum atomic E-state index is 12.7. The van der Waals surface area contributed by atoms with Crippen LogP contribution in [0.3, 0.4) is 0 Å². The van der Waals surface area contributed by atoms with Gasteiger partial charge in [-0.3, -0.25) is 9.36 Å². The second kappa shape index (κ2) is 4.03. The fraction of sp³-hybridized carbons (Fsp3) is 0.714. The third kappa shape index (κ3) is 1.61. The summed E-state index contributed by atoms with van der Waals surface area (Å²) in [5.74, 6) is 2.19. The Balaban J connectivity index is 1.70. The van der Waals surface area contributed by atoms with Gasteiger partial charge in [-0.2, -0.15) is 4.99 Å². The molecule has 0 aliphatic heterocycles. The van der Waals surface area contributed by atoms with Gasteiger partial charge in [-0.25, -0.2) is 0 Å². The van der Waals surface area contributed by atoms with Gasteiger partial charge in [0, 0.05) is 11.6 Å². The van der Waals surface area contributed by atoms with Gasteiger partial charge in [-0.15, -0.1) is 11.3 Å². The van der Waals surface area contributed by atoms with Crippen LogP contribution in [-0.4, -0.2) is 15.6 Å². The van der Waals surface area contributed by atoms with Gasteiger partial charge in [0.2, 0.25) is 0 Å². The summed E-state index contributed by atoms with van der Waals surface area (Å²) in [7, 11) is 0. The molecule has 4 aliphatic carbocycles. The van der Waals surface area contributed by atoms with Crippen LogP contribution in [0, 0.1) is 23.2 Å². The highest BCUT2D eigenvalue weighted by molar-refractivity contribution is 7.07. The fourth-order valence-electron chi connectivity index (χ4n) is 4.84. The van der Waals surface area contributed by atoms with Crippen LogP contribution in [0.4, 0.5) is 0 Å². The molecule has 1 heterocycles. The van der Waals surface area contributed by atoms with E-state index in [0.29, 0.717) is 10.7 Å². The Morgan fingerprint density at radius 1 is 1.42 bits per heavy atom. The Morgan fingerprint density at radius 3 is 2.84 bits per heavy atom. The number of aliphatic hydroxyl groups is 1. The van der Waals surface area contributed by atoms with E-state index in [4.69, 9.17) is 0 Å². The molecule has 102 valence electrons. The molecule has 1 aromatic heterocycles. The first-order chi connectivity index (χ1) is 9.21. The molecule has 19 heavy (non-hydrogen) atoms. The van der Waals surface area contributed by atoms with Gasteiger partial charge in [-0.05, 0) is 49.9 Å². The van der Waals surface area contributed by atoms with Gasteiger partial charge in [0.1, 0.15) is 6.73 Å². The van der Waals surface area contributed by atoms with Crippen LogP contribution in [0.25, 0.3) is 0 Å². The summed E-state index contributed by atoms with van der Waals surface area (Å²) in [5, 5.41) is 11.1. The lowest BCUT2D eigenvalue weighted by atomic mass is 9.75. The van der Waals surface area contributed by atoms with E-state index in [1.807, 2.05) is 5.38 Å². The van der Waals surface area contributed by atoms with E-state index in [0.717, 1.165) is 24.7 Å². The molecule has 5 rings (SSSR count). The van der Waals surface area contributed by atoms with Crippen molar-refractivity contribution >= 4 is 17.2 Å². The maximum Gasteiger partial charge on any atom is 0.254 e. The molecular formula is C14H18N2O2S. The minimum absolute atomic E-state index is 0.0758. The molecule has 1 amide bonds. The number of aromatic nitrogens is 1. The molecule has 2 atom stereocenters. The van der Waals surface area contributed by atoms with Crippen molar-refractivity contribution in [3.05, 3.63) is 16.4 Å². The average molecular weight is 278 g/mol. The van der Waals surface area contributed by atoms with E-state index in [2.05, 4.69) is 4.99 Å². The van der Waals surface area contributed by atoms with Crippen molar-refractivity contribution in [2.24, 2.45) is 28.2 Å². The quantitative estimate of drug-likeness (QED) is 0.896. The minimum Gasteiger partial charge on any atom is -0.376 e. The van der Waals surface area contributed by atoms with Gasteiger partial charge < -0.3 is 5.11 Å². The minimum atomic E-state index is -0.148. The molecule has 0 spiro atoms. The first-order valence-electron chi connectivity index (χ1n) is 7.05. The molecule has 1 aromatic rings. The number of carbonyl (C=O) groups excluding carboxylic acids is 1. The Morgan fingerprint density at radius 2 is 2.16 bits per heavy atom. The van der Waals surface area contributed by atoms with Crippen molar-refractivity contribution in [3.63, 3.8) is 0 Å². The second-order valence-corrected chi connectivity index (χ2v) is 7.29. The van der Waals surface area contributed by atoms with E-state index in [1.165, 1.54) is 30.6 Å². The fourth-order valence-corrected chi connectivity index (χ4v) is 5.56. The molecule has 1 N–H and O–H groups in total. The first-order valence-corrected chi connectivity index (χ1v) is 7.93. The molecule has 2 unspecified atom stereocenters. The number of amides is 1. The predicted molar refractivity (Wildman–Crippen MR) is 71.1 cm³/mol. The summed E-state index contributed by atoms with van der Waals surface area (Å²) in [6.45, 7) is -0.114. The van der Waals surface area contributed by atoms with Crippen molar-refractivity contribution < 1.29 is 9.90 Å². The smallest absolute Gasteiger partial charge is 0.254 e. The lowest BCUT2D eigenvalue weighted by molar-refractivity contribution is -0.129. The number of carbonyl (C=O) groups is 1. The largest absolute Gasteiger partial charge is 0.376 e. The molecule has 4 fully saturated rings. The van der Waals surface area contributed by atoms with Gasteiger partial charge in [0.15, 0.2) is 4.80 Å². The van der Waals surface area contributed by atoms with E-state index in [9.17, 15) is 9.90 Å². The lowest BCUT2D eigenvalue weighted by Gasteiger charge is -2.29. The second-order valence-electron chi connectivity index (χ2n) is 6.41. The number of nitrogens with zero attached hydrogens (tertiary/aromatic N) is 2. The van der Waals surface area contributed by atoms with Crippen LogP contribution >= 0.6 is 11.3 Å². The van der Waals surface area contributed by atoms with Crippen molar-refractivity contribution in [3.8, 4) is 0 Å². The molecule has 0 saturated heterocycles. The van der Waals surface area contributed by atoms with Crippen molar-refractivity contribution in [1.82, 2.24) is 4.57 Å². The van der Waals surface area contributed by atoms with Crippen LogP contribution in [-0.2, 0) is 11.5 Å². The third-order valence-corrected chi connectivity index (χ3v) is 6.22. The highest BCUT2D eigenvalue weighted by Crippen LogP contribution is 2.65. The highest BCUT2D eigenvalue weighted by atomic mass is 32.1. The number of hydrogen-bond donors (Lipinski definition) is 1. The standard InChI is InChI=1S/C14H18N2O2S/c17-8-16-1-2-19-13(16)15-12(18)14-6-9-3-10(7-14)5-11(14)4-9/h1-2,9-11,17H,3-8H2. The Bertz CT molecular complexity index is 574. The summed E-state index contributed by atoms with van der Waals surface area (Å²) in [6.07, 6.45) is 7.69. The van der Waals surface area contributed by atoms with Crippen LogP contribution in [0.5, 0.6) is 0 Å². The molecule has 0 aromatic carbocycles. The number of hydrogen-bond acceptors (Lipinski definition) is 3. The predicted octanol–water partition coefficient (Wildman–Crippen LogP) is 1.75. The molecule has 5 heteroatoms. The van der Waals surface area contributed by atoms with E-state index < -0.39 is 0 Å². The van der Waals surface area contributed by atoms with Crippen LogP contribution in [0.15, 0.2) is 16.6 Å². The van der Waals surface area contributed by atoms with Crippen molar-refractivity contribution in [2.75, 3.05) is 0 Å². The zero-order chi connectivity index (χ0) is 13.0. The molecule has 4 bridgehead atoms. The van der Waals surface area contributed by atoms with E-state index in [-0.39, 0.29) is 18.1 Å². The number of rotatable bonds is 2. The van der Waals surface area contributed by atoms with Crippen molar-refractivity contribution in [2.45, 2.75) is 38.8 Å². The monoisotopic (exact) mass is 278 g/mol. The molecular weight excluding hydrogens is 260 g/mol. The zero-order valence-corrected chi connectivity index (χ0v) is 11.6. The maximum absolute atomic E-state index is 12.7. The van der Waals surface area contributed by atoms with Crippen LogP contribution < -0.4 is 4.80 Å². The number of thiazole rings is 1. The molecule has 4 saturated carbocycles. The Hall–Kier alpha value is -0.940. The van der Waals surface area contributed by atoms with Crippen LogP contribution in [0.2, 0.25) is 0 Å². The first kappa shape index (κ1) is 11.9. The Kier molecular flexibility index (Phi) is 2.51. The molecule has 0 radical (unpaired) electrons. The van der Waals surface area contributed by atoms with E-state index in [1.54, 1.807) is 10.8 Å². The van der Waals surface area contributed by atoms with Gasteiger partial charge >= 0.3 is 0 Å². The van der Waals surface area contributed by atoms with Gasteiger partial charge in [0.25, 0.3) is 5.91 Å². The average Bonchev–Trinajstić information content (AvgIpc) is 3.00. The van der Waals surface area contributed by atoms with Crippen LogP contribution in [0.1, 0.15) is 32.1 Å². The Labute approximate surface area is 115 Å². The van der Waals surface area contributed by atoms with Gasteiger partial charge in [0.05, 0.1) is 5.41 Å². The summed E-state index contributed by atoms with van der Waals surface area (Å²) in [5.41, 5.74) is -0.148. The normalized spacial score (nSPS) is 40.3. The summed E-state index contributed by atoms with van der Waals surface area (Å²) in [4.78, 5) is 17.7. The van der Waals surface area contributed by atoms with E-state index >= 15 is 0 Å². The third-order valence-electron chi connectivity index (χ3n) is 5.43. The summed E-state index contributed by atoms with van der Waals surface area (Å²) < 4.78 is 1.62. The summed E-state index contributed by atoms with van der Waals surface area (Å²) in [6, 6.07) is 0. The highest BCUT2D eigenvalue weighted by Gasteiger charge is 2.61. The molecule has 4 aliphatic rings. The lowest BCUT2D eigenvalue weighted by Crippen LogP contribution is -2.33. The molecule has 4 nitrogen and oxygen atoms in total. The number of aliphatic hydroxyl groups excluding tert-OH is 1. The topological polar surface area (TPSA) is 54.6 Å². The van der Waals surface area contributed by atoms with Crippen molar-refractivity contribution in [1.29, 1.82) is 0 Å². The zero-order valence-electron chi connectivity index (χ0n) is 10.8. The SMILES string of the molecule is O=C(N=c1sccn1CO)C12CC3CC(CC1C3)C2.